The van der Waals surface area contributed by atoms with Crippen molar-refractivity contribution in [1.82, 2.24) is 9.80 Å². The summed E-state index contributed by atoms with van der Waals surface area (Å²) in [5.74, 6) is 0.401. The Balaban J connectivity index is 1.79. The van der Waals surface area contributed by atoms with Crippen molar-refractivity contribution in [2.75, 3.05) is 33.3 Å². The zero-order valence-electron chi connectivity index (χ0n) is 13.3. The molecule has 0 bridgehead atoms. The molecule has 0 aromatic rings. The Bertz CT molecular complexity index is 390. The summed E-state index contributed by atoms with van der Waals surface area (Å²) in [6, 6.07) is 0.452. The van der Waals surface area contributed by atoms with Gasteiger partial charge in [0.05, 0.1) is 12.3 Å². The largest absolute Gasteiger partial charge is 0.395 e. The molecule has 0 spiro atoms. The van der Waals surface area contributed by atoms with Crippen molar-refractivity contribution in [1.29, 1.82) is 0 Å². The molecule has 2 aliphatic heterocycles. The first kappa shape index (κ1) is 16.2. The summed E-state index contributed by atoms with van der Waals surface area (Å²) in [6.45, 7) is 6.53. The Hall–Kier alpha value is -1.14. The highest BCUT2D eigenvalue weighted by atomic mass is 16.6. The van der Waals surface area contributed by atoms with E-state index in [4.69, 9.17) is 9.94 Å². The van der Waals surface area contributed by atoms with Gasteiger partial charge in [-0.05, 0) is 25.8 Å². The van der Waals surface area contributed by atoms with Crippen molar-refractivity contribution >= 4 is 11.6 Å². The molecule has 21 heavy (non-hydrogen) atoms. The second kappa shape index (κ2) is 7.22. The fourth-order valence-corrected chi connectivity index (χ4v) is 2.94. The van der Waals surface area contributed by atoms with E-state index in [1.54, 1.807) is 0 Å². The van der Waals surface area contributed by atoms with E-state index in [0.29, 0.717) is 24.9 Å². The first-order chi connectivity index (χ1) is 10.0. The number of nitrogens with zero attached hydrogens (tertiary/aromatic N) is 3. The number of likely N-dealkylation sites (tertiary alicyclic amines) is 1. The lowest BCUT2D eigenvalue weighted by Crippen LogP contribution is -2.48. The van der Waals surface area contributed by atoms with Gasteiger partial charge >= 0.3 is 0 Å². The minimum absolute atomic E-state index is 0.0673. The van der Waals surface area contributed by atoms with Crippen LogP contribution in [0.2, 0.25) is 0 Å². The third-order valence-corrected chi connectivity index (χ3v) is 4.49. The van der Waals surface area contributed by atoms with Crippen molar-refractivity contribution in [2.45, 2.75) is 45.3 Å². The maximum Gasteiger partial charge on any atom is 0.266 e. The lowest BCUT2D eigenvalue weighted by molar-refractivity contribution is -0.143. The van der Waals surface area contributed by atoms with E-state index in [1.165, 1.54) is 0 Å². The molecule has 2 heterocycles. The van der Waals surface area contributed by atoms with E-state index in [9.17, 15) is 4.79 Å². The van der Waals surface area contributed by atoms with E-state index >= 15 is 0 Å². The fourth-order valence-electron chi connectivity index (χ4n) is 2.94. The lowest BCUT2D eigenvalue weighted by atomic mass is 10.00. The molecule has 1 fully saturated rings. The predicted octanol–water partition coefficient (Wildman–Crippen LogP) is 0.702. The van der Waals surface area contributed by atoms with Gasteiger partial charge in [-0.3, -0.25) is 4.79 Å². The third-order valence-electron chi connectivity index (χ3n) is 4.49. The summed E-state index contributed by atoms with van der Waals surface area (Å²) in [5.41, 5.74) is 0.978. The van der Waals surface area contributed by atoms with E-state index in [-0.39, 0.29) is 12.5 Å². The van der Waals surface area contributed by atoms with Crippen LogP contribution in [0.4, 0.5) is 0 Å². The topological polar surface area (TPSA) is 65.4 Å². The normalized spacial score (nSPS) is 23.6. The minimum atomic E-state index is -0.422. The van der Waals surface area contributed by atoms with Crippen molar-refractivity contribution < 1.29 is 14.7 Å². The van der Waals surface area contributed by atoms with Crippen LogP contribution in [0, 0.1) is 5.92 Å². The van der Waals surface area contributed by atoms with Gasteiger partial charge in [-0.1, -0.05) is 19.0 Å². The number of carbonyl (C=O) groups is 1. The Morgan fingerprint density at radius 2 is 2.14 bits per heavy atom. The quantitative estimate of drug-likeness (QED) is 0.811. The molecule has 1 saturated heterocycles. The van der Waals surface area contributed by atoms with Gasteiger partial charge in [0.15, 0.2) is 0 Å². The van der Waals surface area contributed by atoms with Crippen molar-refractivity contribution in [2.24, 2.45) is 11.1 Å². The molecule has 2 rings (SSSR count). The average Bonchev–Trinajstić information content (AvgIpc) is 2.97. The zero-order chi connectivity index (χ0) is 15.4. The molecule has 1 N–H and O–H groups in total. The highest BCUT2D eigenvalue weighted by Crippen LogP contribution is 2.21. The van der Waals surface area contributed by atoms with Crippen LogP contribution in [0.15, 0.2) is 5.16 Å². The number of aliphatic hydroxyl groups is 1. The monoisotopic (exact) mass is 297 g/mol. The number of piperidine rings is 1. The number of hydrogen-bond donors (Lipinski definition) is 1. The summed E-state index contributed by atoms with van der Waals surface area (Å²) in [6.07, 6.45) is 2.11. The van der Waals surface area contributed by atoms with Crippen LogP contribution in [0.1, 0.15) is 33.1 Å². The van der Waals surface area contributed by atoms with Gasteiger partial charge in [-0.25, -0.2) is 0 Å². The molecule has 1 atom stereocenters. The fraction of sp³-hybridized carbons (Fsp3) is 0.867. The lowest BCUT2D eigenvalue weighted by Gasteiger charge is -2.37. The van der Waals surface area contributed by atoms with Gasteiger partial charge in [0, 0.05) is 32.1 Å². The molecule has 0 aromatic heterocycles. The molecular weight excluding hydrogens is 270 g/mol. The molecule has 0 aromatic carbocycles. The number of oxime groups is 1. The van der Waals surface area contributed by atoms with Crippen molar-refractivity contribution in [3.05, 3.63) is 0 Å². The van der Waals surface area contributed by atoms with Crippen LogP contribution in [0.5, 0.6) is 0 Å². The molecular formula is C15H27N3O3. The van der Waals surface area contributed by atoms with Crippen molar-refractivity contribution in [3.8, 4) is 0 Å². The smallest absolute Gasteiger partial charge is 0.266 e. The number of amides is 1. The van der Waals surface area contributed by atoms with Crippen LogP contribution in [0.25, 0.3) is 0 Å². The molecule has 0 unspecified atom stereocenters. The van der Waals surface area contributed by atoms with Gasteiger partial charge in [-0.2, -0.15) is 0 Å². The standard InChI is InChI=1S/C15H27N3O3/c1-11(2)13-10-14(21-16-13)15(20)18-6-4-12(5-7-18)17(3)8-9-19/h11-12,14,19H,4-10H2,1-3H3/t14-/m0/s1. The maximum absolute atomic E-state index is 12.4. The van der Waals surface area contributed by atoms with Crippen LogP contribution < -0.4 is 0 Å². The predicted molar refractivity (Wildman–Crippen MR) is 81.1 cm³/mol. The zero-order valence-corrected chi connectivity index (χ0v) is 13.3. The van der Waals surface area contributed by atoms with Crippen LogP contribution in [-0.2, 0) is 9.63 Å². The summed E-state index contributed by atoms with van der Waals surface area (Å²) in [4.78, 5) is 21.8. The van der Waals surface area contributed by atoms with Gasteiger partial charge in [0.25, 0.3) is 5.91 Å². The SMILES string of the molecule is CC(C)C1=NO[C@H](C(=O)N2CCC(N(C)CCO)CC2)C1. The average molecular weight is 297 g/mol. The number of carbonyl (C=O) groups excluding carboxylic acids is 1. The Morgan fingerprint density at radius 3 is 2.67 bits per heavy atom. The number of rotatable bonds is 5. The minimum Gasteiger partial charge on any atom is -0.395 e. The molecule has 2 aliphatic rings. The van der Waals surface area contributed by atoms with Crippen LogP contribution in [0.3, 0.4) is 0 Å². The molecule has 6 heteroatoms. The van der Waals surface area contributed by atoms with Crippen molar-refractivity contribution in [3.63, 3.8) is 0 Å². The highest BCUT2D eigenvalue weighted by molar-refractivity contribution is 5.93. The molecule has 6 nitrogen and oxygen atoms in total. The van der Waals surface area contributed by atoms with Crippen LogP contribution in [-0.4, -0.2) is 72.0 Å². The van der Waals surface area contributed by atoms with Gasteiger partial charge < -0.3 is 19.7 Å². The molecule has 0 aliphatic carbocycles. The molecule has 0 radical (unpaired) electrons. The summed E-state index contributed by atoms with van der Waals surface area (Å²) in [7, 11) is 2.03. The molecule has 0 saturated carbocycles. The van der Waals surface area contributed by atoms with E-state index in [0.717, 1.165) is 31.6 Å². The maximum atomic E-state index is 12.4. The Labute approximate surface area is 126 Å². The second-order valence-electron chi connectivity index (χ2n) is 6.30. The highest BCUT2D eigenvalue weighted by Gasteiger charge is 2.34. The third kappa shape index (κ3) is 3.95. The summed E-state index contributed by atoms with van der Waals surface area (Å²) in [5, 5.41) is 13.0. The first-order valence-electron chi connectivity index (χ1n) is 7.85. The van der Waals surface area contributed by atoms with E-state index in [2.05, 4.69) is 23.9 Å². The second-order valence-corrected chi connectivity index (χ2v) is 6.30. The molecule has 120 valence electrons. The van der Waals surface area contributed by atoms with Gasteiger partial charge in [-0.15, -0.1) is 0 Å². The number of hydrogen-bond acceptors (Lipinski definition) is 5. The summed E-state index contributed by atoms with van der Waals surface area (Å²) < 4.78 is 0. The van der Waals surface area contributed by atoms with E-state index < -0.39 is 6.10 Å². The van der Waals surface area contributed by atoms with E-state index in [1.807, 2.05) is 11.9 Å². The Morgan fingerprint density at radius 1 is 1.48 bits per heavy atom. The van der Waals surface area contributed by atoms with Gasteiger partial charge in [0.1, 0.15) is 0 Å². The van der Waals surface area contributed by atoms with Crippen LogP contribution >= 0.6 is 0 Å². The molecule has 1 amide bonds. The number of aliphatic hydroxyl groups excluding tert-OH is 1. The first-order valence-corrected chi connectivity index (χ1v) is 7.85. The summed E-state index contributed by atoms with van der Waals surface area (Å²) >= 11 is 0. The number of likely N-dealkylation sites (N-methyl/N-ethyl adjacent to an activating group) is 1. The Kier molecular flexibility index (Phi) is 5.58. The van der Waals surface area contributed by atoms with Gasteiger partial charge in [0.2, 0.25) is 6.10 Å².